The Balaban J connectivity index is 0.000000141. The summed E-state index contributed by atoms with van der Waals surface area (Å²) in [4.78, 5) is 24.9. The number of hydrogen-bond acceptors (Lipinski definition) is 6. The van der Waals surface area contributed by atoms with Crippen molar-refractivity contribution in [1.82, 2.24) is 29.9 Å². The van der Waals surface area contributed by atoms with Crippen molar-refractivity contribution < 1.29 is 4.79 Å². The fraction of sp³-hybridized carbons (Fsp3) is 0.457. The Hall–Kier alpha value is -3.75. The smallest absolute Gasteiger partial charge is 0.272 e. The number of pyridine rings is 1. The van der Waals surface area contributed by atoms with Gasteiger partial charge in [-0.1, -0.05) is 55.0 Å². The van der Waals surface area contributed by atoms with Crippen molar-refractivity contribution in [2.75, 3.05) is 38.6 Å². The van der Waals surface area contributed by atoms with Gasteiger partial charge in [0.2, 0.25) is 0 Å². The third-order valence-corrected chi connectivity index (χ3v) is 10.2. The van der Waals surface area contributed by atoms with Gasteiger partial charge in [-0.2, -0.15) is 5.10 Å². The number of aryl methyl sites for hydroxylation is 1. The number of benzene rings is 2. The van der Waals surface area contributed by atoms with Crippen molar-refractivity contribution in [2.24, 2.45) is 7.05 Å². The fourth-order valence-electron chi connectivity index (χ4n) is 7.86. The minimum absolute atomic E-state index is 0.0329. The highest BCUT2D eigenvalue weighted by atomic mass is 16.2. The lowest BCUT2D eigenvalue weighted by Crippen LogP contribution is -2.55. The fourth-order valence-corrected chi connectivity index (χ4v) is 7.86. The molecule has 1 amide bonds. The Morgan fingerprint density at radius 2 is 1.63 bits per heavy atom. The van der Waals surface area contributed by atoms with E-state index >= 15 is 0 Å². The molecule has 8 rings (SSSR count). The summed E-state index contributed by atoms with van der Waals surface area (Å²) in [5.41, 5.74) is 5.82. The maximum Gasteiger partial charge on any atom is 0.272 e. The van der Waals surface area contributed by atoms with Crippen LogP contribution in [0.25, 0.3) is 10.9 Å². The van der Waals surface area contributed by atoms with Crippen LogP contribution in [-0.2, 0) is 13.5 Å². The first-order valence-electron chi connectivity index (χ1n) is 15.9. The summed E-state index contributed by atoms with van der Waals surface area (Å²) in [5, 5.41) is 8.62. The van der Waals surface area contributed by atoms with Crippen LogP contribution in [0.4, 0.5) is 5.82 Å². The van der Waals surface area contributed by atoms with E-state index in [9.17, 15) is 4.79 Å². The van der Waals surface area contributed by atoms with Gasteiger partial charge >= 0.3 is 0 Å². The van der Waals surface area contributed by atoms with Crippen molar-refractivity contribution in [1.29, 1.82) is 0 Å². The second-order valence-corrected chi connectivity index (χ2v) is 12.9. The maximum atomic E-state index is 12.7. The first kappa shape index (κ1) is 28.0. The second kappa shape index (κ2) is 11.7. The molecule has 8 nitrogen and oxygen atoms in total. The highest BCUT2D eigenvalue weighted by Gasteiger charge is 2.37. The predicted octanol–water partition coefficient (Wildman–Crippen LogP) is 4.80. The van der Waals surface area contributed by atoms with E-state index in [1.54, 1.807) is 4.68 Å². The summed E-state index contributed by atoms with van der Waals surface area (Å²) >= 11 is 0. The zero-order chi connectivity index (χ0) is 29.5. The maximum absolute atomic E-state index is 12.7. The van der Waals surface area contributed by atoms with Crippen LogP contribution in [0.5, 0.6) is 0 Å². The van der Waals surface area contributed by atoms with Gasteiger partial charge in [-0.3, -0.25) is 9.48 Å². The van der Waals surface area contributed by atoms with Gasteiger partial charge < -0.3 is 20.0 Å². The third-order valence-electron chi connectivity index (χ3n) is 10.2. The molecule has 0 aliphatic carbocycles. The molecule has 2 bridgehead atoms. The number of nitrogens with zero attached hydrogens (tertiary/aromatic N) is 6. The van der Waals surface area contributed by atoms with Gasteiger partial charge in [-0.05, 0) is 68.6 Å². The Kier molecular flexibility index (Phi) is 7.65. The Morgan fingerprint density at radius 3 is 2.47 bits per heavy atom. The van der Waals surface area contributed by atoms with Gasteiger partial charge in [0.15, 0.2) is 5.69 Å². The molecule has 0 radical (unpaired) electrons. The Bertz CT molecular complexity index is 1600. The van der Waals surface area contributed by atoms with E-state index < -0.39 is 0 Å². The van der Waals surface area contributed by atoms with Crippen molar-refractivity contribution in [2.45, 2.75) is 62.7 Å². The zero-order valence-corrected chi connectivity index (χ0v) is 25.6. The van der Waals surface area contributed by atoms with Gasteiger partial charge in [0.25, 0.3) is 5.91 Å². The molecule has 8 heteroatoms. The number of piperidine rings is 2. The highest BCUT2D eigenvalue weighted by Crippen LogP contribution is 2.37. The molecule has 224 valence electrons. The van der Waals surface area contributed by atoms with Crippen LogP contribution in [0.3, 0.4) is 0 Å². The van der Waals surface area contributed by atoms with E-state index in [1.807, 2.05) is 37.5 Å². The summed E-state index contributed by atoms with van der Waals surface area (Å²) in [5.74, 6) is 1.15. The van der Waals surface area contributed by atoms with Crippen molar-refractivity contribution >= 4 is 22.6 Å². The van der Waals surface area contributed by atoms with E-state index in [2.05, 4.69) is 80.6 Å². The number of hydrogen-bond donors (Lipinski definition) is 1. The number of carbonyl (C=O) groups excluding carboxylic acids is 1. The molecule has 1 N–H and O–H groups in total. The van der Waals surface area contributed by atoms with Crippen LogP contribution in [0.1, 0.15) is 65.3 Å². The average Bonchev–Trinajstić information content (AvgIpc) is 3.28. The number of carbonyl (C=O) groups is 1. The van der Waals surface area contributed by atoms with Crippen LogP contribution >= 0.6 is 0 Å². The lowest BCUT2D eigenvalue weighted by Gasteiger charge is -2.47. The highest BCUT2D eigenvalue weighted by molar-refractivity contribution is 6.04. The first-order valence-corrected chi connectivity index (χ1v) is 15.9. The van der Waals surface area contributed by atoms with Gasteiger partial charge in [0, 0.05) is 62.8 Å². The van der Waals surface area contributed by atoms with Crippen molar-refractivity contribution in [3.63, 3.8) is 0 Å². The quantitative estimate of drug-likeness (QED) is 0.369. The molecular weight excluding hydrogens is 534 g/mol. The van der Waals surface area contributed by atoms with E-state index in [-0.39, 0.29) is 11.9 Å². The van der Waals surface area contributed by atoms with Gasteiger partial charge in [0.1, 0.15) is 5.82 Å². The largest absolute Gasteiger partial charge is 0.348 e. The lowest BCUT2D eigenvalue weighted by atomic mass is 9.82. The number of fused-ring (bicyclic) bond motifs is 8. The molecule has 4 aromatic rings. The molecule has 0 spiro atoms. The molecule has 1 unspecified atom stereocenters. The van der Waals surface area contributed by atoms with Gasteiger partial charge in [0.05, 0.1) is 11.6 Å². The summed E-state index contributed by atoms with van der Waals surface area (Å²) in [7, 11) is 6.34. The Morgan fingerprint density at radius 1 is 0.884 bits per heavy atom. The topological polar surface area (TPSA) is 69.5 Å². The normalized spacial score (nSPS) is 25.0. The summed E-state index contributed by atoms with van der Waals surface area (Å²) in [6, 6.07) is 23.0. The minimum atomic E-state index is -0.0329. The number of aromatic nitrogens is 3. The van der Waals surface area contributed by atoms with E-state index in [0.717, 1.165) is 49.8 Å². The average molecular weight is 578 g/mol. The first-order chi connectivity index (χ1) is 21.0. The molecule has 43 heavy (non-hydrogen) atoms. The monoisotopic (exact) mass is 577 g/mol. The minimum Gasteiger partial charge on any atom is -0.348 e. The molecule has 3 fully saturated rings. The number of nitrogens with one attached hydrogen (secondary N) is 1. The number of piperazine rings is 1. The molecule has 0 saturated carbocycles. The summed E-state index contributed by atoms with van der Waals surface area (Å²) < 4.78 is 1.79. The van der Waals surface area contributed by atoms with E-state index in [0.29, 0.717) is 23.8 Å². The van der Waals surface area contributed by atoms with Crippen molar-refractivity contribution in [3.8, 4) is 0 Å². The van der Waals surface area contributed by atoms with Gasteiger partial charge in [-0.25, -0.2) is 4.98 Å². The third kappa shape index (κ3) is 5.43. The summed E-state index contributed by atoms with van der Waals surface area (Å²) in [6.45, 7) is 3.24. The van der Waals surface area contributed by atoms with E-state index in [4.69, 9.17) is 0 Å². The predicted molar refractivity (Wildman–Crippen MR) is 171 cm³/mol. The number of anilines is 1. The number of rotatable bonds is 2. The van der Waals surface area contributed by atoms with Gasteiger partial charge in [-0.15, -0.1) is 0 Å². The van der Waals surface area contributed by atoms with Crippen LogP contribution < -0.4 is 10.2 Å². The lowest BCUT2D eigenvalue weighted by molar-refractivity contribution is 0.0462. The molecule has 4 aliphatic heterocycles. The summed E-state index contributed by atoms with van der Waals surface area (Å²) in [6.07, 6.45) is 8.87. The van der Waals surface area contributed by atoms with Crippen LogP contribution in [0.15, 0.2) is 66.9 Å². The van der Waals surface area contributed by atoms with Crippen LogP contribution in [0, 0.1) is 0 Å². The molecule has 4 atom stereocenters. The standard InChI is InChI=1S/C18H24N4O.C17H19N3/c1-21-13-6-5-7-14(21)11-12(10-13)19-18(23)17-15-8-3-4-9-16(15)22(2)20-17;1-19-9-10-20-16(12-19)15-7-3-2-5-13(15)11-14-6-4-8-18-17(14)20/h3-4,8-9,12-14H,5-7,10-11H2,1-2H3,(H,19,23);2-8,16H,9-12H2,1H3/t12-,13+,14-;. The molecule has 2 aromatic heterocycles. The number of amides is 1. The number of likely N-dealkylation sites (N-methyl/N-ethyl adjacent to an activating group) is 1. The molecule has 3 saturated heterocycles. The molecule has 4 aliphatic rings. The molecule has 2 aromatic carbocycles. The number of para-hydroxylation sites is 1. The second-order valence-electron chi connectivity index (χ2n) is 12.9. The molecular formula is C35H43N7O. The van der Waals surface area contributed by atoms with Crippen LogP contribution in [0.2, 0.25) is 0 Å². The van der Waals surface area contributed by atoms with E-state index in [1.165, 1.54) is 41.8 Å². The van der Waals surface area contributed by atoms with Crippen LogP contribution in [-0.4, -0.2) is 82.3 Å². The van der Waals surface area contributed by atoms with Crippen molar-refractivity contribution in [3.05, 3.63) is 89.2 Å². The Labute approximate surface area is 254 Å². The zero-order valence-electron chi connectivity index (χ0n) is 25.6. The SMILES string of the molecule is CN1CCN2c3ncccc3Cc3ccccc3C2C1.CN1[C@@H]2CCC[C@H]1C[C@@H](NC(=O)c1nn(C)c3ccccc13)C2. The molecule has 6 heterocycles.